The minimum atomic E-state index is -0.915. The maximum Gasteiger partial charge on any atom is 0.137 e. The quantitative estimate of drug-likeness (QED) is 0.836. The molecule has 3 rings (SSSR count). The lowest BCUT2D eigenvalue weighted by Gasteiger charge is -2.42. The number of alkyl halides is 1. The Balaban J connectivity index is 1.87. The van der Waals surface area contributed by atoms with Gasteiger partial charge in [0.2, 0.25) is 0 Å². The molecular weight excluding hydrogens is 333 g/mol. The summed E-state index contributed by atoms with van der Waals surface area (Å²) in [6.07, 6.45) is 5.78. The minimum Gasteiger partial charge on any atom is -0.387 e. The summed E-state index contributed by atoms with van der Waals surface area (Å²) in [6.45, 7) is 2.48. The molecule has 4 nitrogen and oxygen atoms in total. The summed E-state index contributed by atoms with van der Waals surface area (Å²) >= 11 is 12.2. The molecule has 1 aliphatic carbocycles. The summed E-state index contributed by atoms with van der Waals surface area (Å²) < 4.78 is 1.70. The van der Waals surface area contributed by atoms with E-state index in [1.807, 2.05) is 24.3 Å². The maximum absolute atomic E-state index is 11.6. The Morgan fingerprint density at radius 2 is 2.09 bits per heavy atom. The summed E-state index contributed by atoms with van der Waals surface area (Å²) in [5, 5.41) is 16.4. The molecule has 23 heavy (non-hydrogen) atoms. The first kappa shape index (κ1) is 16.7. The van der Waals surface area contributed by atoms with Crippen LogP contribution in [-0.2, 0) is 13.0 Å². The van der Waals surface area contributed by atoms with E-state index in [-0.39, 0.29) is 11.3 Å². The van der Waals surface area contributed by atoms with E-state index in [4.69, 9.17) is 23.2 Å². The van der Waals surface area contributed by atoms with Crippen LogP contribution < -0.4 is 0 Å². The van der Waals surface area contributed by atoms with Crippen molar-refractivity contribution in [1.82, 2.24) is 14.8 Å². The summed E-state index contributed by atoms with van der Waals surface area (Å²) in [7, 11) is 0. The first-order valence-electron chi connectivity index (χ1n) is 7.82. The number of nitrogens with zero attached hydrogens (tertiary/aromatic N) is 3. The van der Waals surface area contributed by atoms with Crippen LogP contribution in [0.2, 0.25) is 5.02 Å². The predicted molar refractivity (Wildman–Crippen MR) is 91.7 cm³/mol. The molecular formula is C17H21Cl2N3O. The second kappa shape index (κ2) is 6.42. The largest absolute Gasteiger partial charge is 0.387 e. The number of hydrogen-bond donors (Lipinski definition) is 1. The average Bonchev–Trinajstić information content (AvgIpc) is 3.12. The number of halogens is 2. The van der Waals surface area contributed by atoms with Crippen LogP contribution in [0.1, 0.15) is 25.3 Å². The van der Waals surface area contributed by atoms with Crippen molar-refractivity contribution in [2.75, 3.05) is 5.88 Å². The second-order valence-electron chi connectivity index (χ2n) is 6.78. The molecule has 1 N–H and O–H groups in total. The Labute approximate surface area is 146 Å². The molecule has 1 aromatic heterocycles. The van der Waals surface area contributed by atoms with Crippen molar-refractivity contribution in [1.29, 1.82) is 0 Å². The van der Waals surface area contributed by atoms with Crippen LogP contribution in [0.5, 0.6) is 0 Å². The average molecular weight is 354 g/mol. The summed E-state index contributed by atoms with van der Waals surface area (Å²) in [4.78, 5) is 3.98. The van der Waals surface area contributed by atoms with Crippen LogP contribution in [-0.4, -0.2) is 31.4 Å². The van der Waals surface area contributed by atoms with E-state index in [1.165, 1.54) is 11.9 Å². The third kappa shape index (κ3) is 3.12. The molecule has 0 radical (unpaired) electrons. The Kier molecular flexibility index (Phi) is 4.68. The molecule has 2 aromatic rings. The van der Waals surface area contributed by atoms with Gasteiger partial charge in [-0.1, -0.05) is 30.7 Å². The maximum atomic E-state index is 11.6. The minimum absolute atomic E-state index is 0.122. The van der Waals surface area contributed by atoms with Crippen LogP contribution >= 0.6 is 23.2 Å². The van der Waals surface area contributed by atoms with E-state index in [0.29, 0.717) is 12.4 Å². The molecule has 1 heterocycles. The normalized spacial score (nSPS) is 30.7. The molecule has 2 unspecified atom stereocenters. The van der Waals surface area contributed by atoms with E-state index in [1.54, 1.807) is 11.0 Å². The van der Waals surface area contributed by atoms with Crippen molar-refractivity contribution in [2.45, 2.75) is 38.3 Å². The molecule has 0 spiro atoms. The number of rotatable bonds is 5. The smallest absolute Gasteiger partial charge is 0.137 e. The number of aromatic nitrogens is 3. The monoisotopic (exact) mass is 353 g/mol. The summed E-state index contributed by atoms with van der Waals surface area (Å²) in [5.41, 5.74) is -0.0742. The van der Waals surface area contributed by atoms with Gasteiger partial charge in [0.25, 0.3) is 0 Å². The third-order valence-corrected chi connectivity index (χ3v) is 6.17. The van der Waals surface area contributed by atoms with Gasteiger partial charge < -0.3 is 5.11 Å². The summed E-state index contributed by atoms with van der Waals surface area (Å²) in [6, 6.07) is 7.83. The topological polar surface area (TPSA) is 50.9 Å². The standard InChI is InChI=1S/C17H21Cl2N3O/c1-16(9-18)7-6-14(8-13-2-4-15(19)5-3-13)17(16,23)10-22-12-20-11-21-22/h2-5,11-12,14,23H,6-10H2,1H3/t14?,16?,17-/m1/s1. The van der Waals surface area contributed by atoms with Crippen molar-refractivity contribution in [3.63, 3.8) is 0 Å². The van der Waals surface area contributed by atoms with Gasteiger partial charge in [-0.15, -0.1) is 11.6 Å². The predicted octanol–water partition coefficient (Wildman–Crippen LogP) is 3.56. The highest BCUT2D eigenvalue weighted by atomic mass is 35.5. The van der Waals surface area contributed by atoms with Crippen molar-refractivity contribution in [2.24, 2.45) is 11.3 Å². The zero-order valence-electron chi connectivity index (χ0n) is 13.1. The highest BCUT2D eigenvalue weighted by molar-refractivity contribution is 6.30. The van der Waals surface area contributed by atoms with E-state index >= 15 is 0 Å². The van der Waals surface area contributed by atoms with Crippen molar-refractivity contribution in [3.05, 3.63) is 47.5 Å². The molecule has 0 aliphatic heterocycles. The fourth-order valence-corrected chi connectivity index (χ4v) is 4.17. The first-order valence-corrected chi connectivity index (χ1v) is 8.73. The number of aliphatic hydroxyl groups is 1. The van der Waals surface area contributed by atoms with Crippen LogP contribution in [0, 0.1) is 11.3 Å². The van der Waals surface area contributed by atoms with Gasteiger partial charge in [0, 0.05) is 16.3 Å². The van der Waals surface area contributed by atoms with E-state index in [9.17, 15) is 5.11 Å². The Morgan fingerprint density at radius 1 is 1.35 bits per heavy atom. The van der Waals surface area contributed by atoms with Crippen LogP contribution in [0.4, 0.5) is 0 Å². The number of benzene rings is 1. The first-order chi connectivity index (χ1) is 11.0. The van der Waals surface area contributed by atoms with Gasteiger partial charge in [-0.25, -0.2) is 4.98 Å². The lowest BCUT2D eigenvalue weighted by atomic mass is 9.72. The van der Waals surface area contributed by atoms with E-state index in [2.05, 4.69) is 17.0 Å². The van der Waals surface area contributed by atoms with Gasteiger partial charge in [0.1, 0.15) is 12.7 Å². The molecule has 1 aromatic carbocycles. The Hall–Kier alpha value is -1.10. The summed E-state index contributed by atoms with van der Waals surface area (Å²) in [5.74, 6) is 0.548. The van der Waals surface area contributed by atoms with Crippen LogP contribution in [0.25, 0.3) is 0 Å². The SMILES string of the molecule is CC1(CCl)CCC(Cc2ccc(Cl)cc2)[C@]1(O)Cn1cncn1. The molecule has 6 heteroatoms. The van der Waals surface area contributed by atoms with Gasteiger partial charge in [0.15, 0.2) is 0 Å². The van der Waals surface area contributed by atoms with Gasteiger partial charge >= 0.3 is 0 Å². The Morgan fingerprint density at radius 3 is 2.70 bits per heavy atom. The zero-order valence-corrected chi connectivity index (χ0v) is 14.6. The highest BCUT2D eigenvalue weighted by Crippen LogP contribution is 2.52. The lowest BCUT2D eigenvalue weighted by Crippen LogP contribution is -2.51. The molecule has 0 saturated heterocycles. The fraction of sp³-hybridized carbons (Fsp3) is 0.529. The molecule has 3 atom stereocenters. The molecule has 1 aliphatic rings. The molecule has 0 bridgehead atoms. The fourth-order valence-electron chi connectivity index (χ4n) is 3.68. The zero-order chi connectivity index (χ0) is 16.5. The van der Waals surface area contributed by atoms with Crippen LogP contribution in [0.3, 0.4) is 0 Å². The van der Waals surface area contributed by atoms with Crippen molar-refractivity contribution >= 4 is 23.2 Å². The van der Waals surface area contributed by atoms with Gasteiger partial charge in [0.05, 0.1) is 12.1 Å². The Bertz CT molecular complexity index is 646. The highest BCUT2D eigenvalue weighted by Gasteiger charge is 2.56. The lowest BCUT2D eigenvalue weighted by molar-refractivity contribution is -0.0891. The van der Waals surface area contributed by atoms with Crippen LogP contribution in [0.15, 0.2) is 36.9 Å². The van der Waals surface area contributed by atoms with Gasteiger partial charge in [-0.2, -0.15) is 5.10 Å². The second-order valence-corrected chi connectivity index (χ2v) is 7.48. The van der Waals surface area contributed by atoms with Gasteiger partial charge in [-0.3, -0.25) is 4.68 Å². The van der Waals surface area contributed by atoms with Gasteiger partial charge in [-0.05, 0) is 42.9 Å². The molecule has 1 saturated carbocycles. The third-order valence-electron chi connectivity index (χ3n) is 5.33. The molecule has 0 amide bonds. The van der Waals surface area contributed by atoms with Crippen molar-refractivity contribution in [3.8, 4) is 0 Å². The molecule has 1 fully saturated rings. The van der Waals surface area contributed by atoms with Crippen molar-refractivity contribution < 1.29 is 5.11 Å². The molecule has 124 valence electrons. The van der Waals surface area contributed by atoms with E-state index in [0.717, 1.165) is 24.3 Å². The van der Waals surface area contributed by atoms with E-state index < -0.39 is 5.60 Å². The number of hydrogen-bond acceptors (Lipinski definition) is 3.